The predicted molar refractivity (Wildman–Crippen MR) is 87.8 cm³/mol. The van der Waals surface area contributed by atoms with Crippen molar-refractivity contribution in [3.05, 3.63) is 34.9 Å². The van der Waals surface area contributed by atoms with Crippen LogP contribution >= 0.6 is 11.6 Å². The number of carboxylic acid groups (broad SMARTS) is 1. The Morgan fingerprint density at radius 1 is 1.22 bits per heavy atom. The van der Waals surface area contributed by atoms with Crippen molar-refractivity contribution in [2.45, 2.75) is 44.2 Å². The summed E-state index contributed by atoms with van der Waals surface area (Å²) in [5, 5.41) is 9.68. The van der Waals surface area contributed by atoms with Gasteiger partial charge < -0.3 is 10.0 Å². The van der Waals surface area contributed by atoms with E-state index in [-0.39, 0.29) is 12.5 Å². The van der Waals surface area contributed by atoms with Crippen LogP contribution in [0.1, 0.15) is 44.1 Å². The molecule has 1 aromatic carbocycles. The molecule has 1 saturated carbocycles. The lowest BCUT2D eigenvalue weighted by atomic mass is 10.00. The highest BCUT2D eigenvalue weighted by Gasteiger charge is 2.48. The summed E-state index contributed by atoms with van der Waals surface area (Å²) in [4.78, 5) is 30.3. The monoisotopic (exact) mass is 334 g/mol. The third-order valence-corrected chi connectivity index (χ3v) is 4.93. The number of aliphatic carboxylic acids is 1. The lowest BCUT2D eigenvalue weighted by Gasteiger charge is -2.34. The van der Waals surface area contributed by atoms with Gasteiger partial charge in [0.25, 0.3) is 5.91 Å². The summed E-state index contributed by atoms with van der Waals surface area (Å²) in [5.41, 5.74) is 0.148. The molecule has 2 aliphatic rings. The third kappa shape index (κ3) is 2.98. The number of aliphatic imine (C=N–C) groups is 1. The molecule has 0 bridgehead atoms. The van der Waals surface area contributed by atoms with Crippen LogP contribution in [0.25, 0.3) is 0 Å². The number of carbonyl (C=O) groups excluding carboxylic acids is 1. The second-order valence-electron chi connectivity index (χ2n) is 6.12. The second-order valence-corrected chi connectivity index (χ2v) is 6.53. The molecule has 0 saturated heterocycles. The van der Waals surface area contributed by atoms with Gasteiger partial charge in [-0.05, 0) is 31.7 Å². The molecule has 23 heavy (non-hydrogen) atoms. The quantitative estimate of drug-likeness (QED) is 0.923. The topological polar surface area (TPSA) is 70.0 Å². The lowest BCUT2D eigenvalue weighted by molar-refractivity contribution is -0.145. The molecule has 3 rings (SSSR count). The summed E-state index contributed by atoms with van der Waals surface area (Å²) in [6.07, 6.45) is 5.49. The van der Waals surface area contributed by atoms with Gasteiger partial charge in [0.05, 0.1) is 5.02 Å². The Morgan fingerprint density at radius 3 is 2.48 bits per heavy atom. The largest absolute Gasteiger partial charge is 0.480 e. The average molecular weight is 335 g/mol. The van der Waals surface area contributed by atoms with Crippen LogP contribution in [0.2, 0.25) is 5.02 Å². The highest BCUT2D eigenvalue weighted by atomic mass is 35.5. The zero-order valence-electron chi connectivity index (χ0n) is 12.8. The average Bonchev–Trinajstić information content (AvgIpc) is 2.69. The van der Waals surface area contributed by atoms with Gasteiger partial charge >= 0.3 is 5.97 Å². The van der Waals surface area contributed by atoms with Gasteiger partial charge in [-0.1, -0.05) is 42.6 Å². The molecule has 1 amide bonds. The lowest BCUT2D eigenvalue weighted by Crippen LogP contribution is -2.49. The fourth-order valence-corrected chi connectivity index (χ4v) is 3.72. The van der Waals surface area contributed by atoms with Crippen LogP contribution in [0.4, 0.5) is 0 Å². The van der Waals surface area contributed by atoms with E-state index in [0.29, 0.717) is 29.1 Å². The fraction of sp³-hybridized carbons (Fsp3) is 0.471. The zero-order valence-corrected chi connectivity index (χ0v) is 13.6. The molecule has 1 spiro atoms. The second kappa shape index (κ2) is 6.32. The molecule has 0 aromatic heterocycles. The first kappa shape index (κ1) is 16.0. The first-order chi connectivity index (χ1) is 11.0. The van der Waals surface area contributed by atoms with E-state index in [2.05, 4.69) is 0 Å². The minimum absolute atomic E-state index is 0.291. The number of rotatable bonds is 3. The first-order valence-corrected chi connectivity index (χ1v) is 8.30. The molecule has 1 aromatic rings. The standard InChI is InChI=1S/C17H19ClN2O3/c18-13-8-4-3-7-12(13)15-16(23)20(11-14(21)22)17(19-15)9-5-1-2-6-10-17/h3-4,7-8H,1-2,5-6,9-11H2,(H,21,22). The van der Waals surface area contributed by atoms with E-state index in [0.717, 1.165) is 25.7 Å². The number of hydrogen-bond acceptors (Lipinski definition) is 3. The molecule has 1 aliphatic carbocycles. The van der Waals surface area contributed by atoms with E-state index in [1.165, 1.54) is 4.90 Å². The van der Waals surface area contributed by atoms with Gasteiger partial charge in [-0.25, -0.2) is 0 Å². The van der Waals surface area contributed by atoms with Crippen LogP contribution in [0, 0.1) is 0 Å². The van der Waals surface area contributed by atoms with Crippen LogP contribution in [0.5, 0.6) is 0 Å². The van der Waals surface area contributed by atoms with Crippen molar-refractivity contribution in [2.75, 3.05) is 6.54 Å². The summed E-state index contributed by atoms with van der Waals surface area (Å²) in [6.45, 7) is -0.323. The van der Waals surface area contributed by atoms with Gasteiger partial charge in [-0.15, -0.1) is 0 Å². The highest BCUT2D eigenvalue weighted by molar-refractivity contribution is 6.50. The molecular weight excluding hydrogens is 316 g/mol. The van der Waals surface area contributed by atoms with Gasteiger partial charge in [0.15, 0.2) is 0 Å². The van der Waals surface area contributed by atoms with Crippen molar-refractivity contribution in [3.8, 4) is 0 Å². The fourth-order valence-electron chi connectivity index (χ4n) is 3.49. The molecule has 1 N–H and O–H groups in total. The Hall–Kier alpha value is -1.88. The first-order valence-electron chi connectivity index (χ1n) is 7.92. The smallest absolute Gasteiger partial charge is 0.323 e. The summed E-state index contributed by atoms with van der Waals surface area (Å²) >= 11 is 6.21. The maximum atomic E-state index is 12.9. The Labute approximate surface area is 140 Å². The van der Waals surface area contributed by atoms with Crippen LogP contribution < -0.4 is 0 Å². The Kier molecular flexibility index (Phi) is 4.39. The van der Waals surface area contributed by atoms with E-state index in [4.69, 9.17) is 16.6 Å². The van der Waals surface area contributed by atoms with Crippen molar-refractivity contribution < 1.29 is 14.7 Å². The normalized spacial score (nSPS) is 20.5. The zero-order chi connectivity index (χ0) is 16.4. The molecule has 0 unspecified atom stereocenters. The highest BCUT2D eigenvalue weighted by Crippen LogP contribution is 2.39. The molecule has 1 heterocycles. The van der Waals surface area contributed by atoms with Gasteiger partial charge in [0.1, 0.15) is 17.9 Å². The molecule has 1 fully saturated rings. The number of carbonyl (C=O) groups is 2. The SMILES string of the molecule is O=C(O)CN1C(=O)C(c2ccccc2Cl)=NC12CCCCCC2. The van der Waals surface area contributed by atoms with E-state index in [9.17, 15) is 14.7 Å². The maximum absolute atomic E-state index is 12.9. The number of hydrogen-bond donors (Lipinski definition) is 1. The summed E-state index contributed by atoms with van der Waals surface area (Å²) in [5.74, 6) is -1.35. The van der Waals surface area contributed by atoms with Crippen molar-refractivity contribution in [3.63, 3.8) is 0 Å². The number of nitrogens with zero attached hydrogens (tertiary/aromatic N) is 2. The van der Waals surface area contributed by atoms with Crippen molar-refractivity contribution >= 4 is 29.2 Å². The van der Waals surface area contributed by atoms with E-state index in [1.54, 1.807) is 24.3 Å². The summed E-state index contributed by atoms with van der Waals surface area (Å²) < 4.78 is 0. The molecular formula is C17H19ClN2O3. The summed E-state index contributed by atoms with van der Waals surface area (Å²) in [6, 6.07) is 7.07. The number of amides is 1. The molecule has 0 atom stereocenters. The minimum Gasteiger partial charge on any atom is -0.480 e. The van der Waals surface area contributed by atoms with Gasteiger partial charge in [-0.2, -0.15) is 0 Å². The Morgan fingerprint density at radius 2 is 1.87 bits per heavy atom. The Balaban J connectivity index is 2.05. The Bertz CT molecular complexity index is 664. The predicted octanol–water partition coefficient (Wildman–Crippen LogP) is 3.11. The number of benzene rings is 1. The minimum atomic E-state index is -1.02. The van der Waals surface area contributed by atoms with Crippen molar-refractivity contribution in [1.82, 2.24) is 4.90 Å². The number of carboxylic acids is 1. The van der Waals surface area contributed by atoms with Crippen LogP contribution in [-0.2, 0) is 9.59 Å². The van der Waals surface area contributed by atoms with E-state index >= 15 is 0 Å². The molecule has 122 valence electrons. The van der Waals surface area contributed by atoms with E-state index in [1.807, 2.05) is 0 Å². The van der Waals surface area contributed by atoms with Crippen molar-refractivity contribution in [2.24, 2.45) is 4.99 Å². The molecule has 6 heteroatoms. The molecule has 5 nitrogen and oxygen atoms in total. The van der Waals surface area contributed by atoms with Gasteiger partial charge in [-0.3, -0.25) is 14.6 Å². The molecule has 0 radical (unpaired) electrons. The van der Waals surface area contributed by atoms with Crippen LogP contribution in [0.15, 0.2) is 29.3 Å². The molecule has 1 aliphatic heterocycles. The van der Waals surface area contributed by atoms with Crippen LogP contribution in [-0.4, -0.2) is 39.8 Å². The van der Waals surface area contributed by atoms with Crippen LogP contribution in [0.3, 0.4) is 0 Å². The van der Waals surface area contributed by atoms with Crippen molar-refractivity contribution in [1.29, 1.82) is 0 Å². The maximum Gasteiger partial charge on any atom is 0.323 e. The van der Waals surface area contributed by atoms with Gasteiger partial charge in [0, 0.05) is 5.56 Å². The van der Waals surface area contributed by atoms with Gasteiger partial charge in [0.2, 0.25) is 0 Å². The summed E-state index contributed by atoms with van der Waals surface area (Å²) in [7, 11) is 0. The number of halogens is 1. The third-order valence-electron chi connectivity index (χ3n) is 4.60. The van der Waals surface area contributed by atoms with E-state index < -0.39 is 11.6 Å².